The number of hydrogen-bond acceptors (Lipinski definition) is 2. The maximum atomic E-state index is 12.0. The molecule has 2 nitrogen and oxygen atoms in total. The average molecular weight is 326 g/mol. The normalized spacial score (nSPS) is 12.7. The molecule has 0 aromatic heterocycles. The monoisotopic (exact) mass is 325 g/mol. The summed E-state index contributed by atoms with van der Waals surface area (Å²) in [5.74, 6) is 1.49. The van der Waals surface area contributed by atoms with Crippen molar-refractivity contribution in [3.8, 4) is 0 Å². The van der Waals surface area contributed by atoms with Crippen LogP contribution < -0.4 is 5.73 Å². The minimum Gasteiger partial charge on any atom is -0.330 e. The number of rotatable bonds is 8. The van der Waals surface area contributed by atoms with Crippen LogP contribution >= 0.6 is 15.9 Å². The molecule has 106 valence electrons. The Bertz CT molecular complexity index is 403. The van der Waals surface area contributed by atoms with Crippen molar-refractivity contribution in [2.45, 2.75) is 39.5 Å². The van der Waals surface area contributed by atoms with Crippen molar-refractivity contribution in [2.75, 3.05) is 6.54 Å². The molecule has 3 heteroatoms. The van der Waals surface area contributed by atoms with Crippen LogP contribution in [0.2, 0.25) is 0 Å². The van der Waals surface area contributed by atoms with Crippen LogP contribution in [-0.4, -0.2) is 12.3 Å². The van der Waals surface area contributed by atoms with Gasteiger partial charge in [-0.1, -0.05) is 41.9 Å². The summed E-state index contributed by atoms with van der Waals surface area (Å²) in [7, 11) is 0. The molecule has 0 aliphatic rings. The third-order valence-electron chi connectivity index (χ3n) is 3.56. The average Bonchev–Trinajstić information content (AvgIpc) is 2.34. The largest absolute Gasteiger partial charge is 0.330 e. The van der Waals surface area contributed by atoms with Crippen molar-refractivity contribution >= 4 is 21.7 Å². The van der Waals surface area contributed by atoms with Crippen LogP contribution in [0.4, 0.5) is 0 Å². The summed E-state index contributed by atoms with van der Waals surface area (Å²) >= 11 is 3.43. The summed E-state index contributed by atoms with van der Waals surface area (Å²) in [6.45, 7) is 5.13. The second kappa shape index (κ2) is 8.49. The van der Waals surface area contributed by atoms with Gasteiger partial charge < -0.3 is 5.73 Å². The predicted molar refractivity (Wildman–Crippen MR) is 84.1 cm³/mol. The van der Waals surface area contributed by atoms with E-state index in [0.717, 1.165) is 22.9 Å². The van der Waals surface area contributed by atoms with E-state index in [1.807, 2.05) is 24.3 Å². The van der Waals surface area contributed by atoms with E-state index in [1.54, 1.807) is 0 Å². The molecular weight excluding hydrogens is 302 g/mol. The zero-order valence-electron chi connectivity index (χ0n) is 11.9. The molecule has 1 unspecified atom stereocenters. The van der Waals surface area contributed by atoms with Gasteiger partial charge in [0.1, 0.15) is 5.78 Å². The van der Waals surface area contributed by atoms with E-state index < -0.39 is 0 Å². The Morgan fingerprint density at radius 3 is 2.63 bits per heavy atom. The van der Waals surface area contributed by atoms with Crippen LogP contribution in [0.25, 0.3) is 0 Å². The highest BCUT2D eigenvalue weighted by Gasteiger charge is 2.14. The molecule has 2 N–H and O–H groups in total. The molecule has 0 fully saturated rings. The van der Waals surface area contributed by atoms with Gasteiger partial charge in [-0.3, -0.25) is 4.79 Å². The van der Waals surface area contributed by atoms with Crippen LogP contribution in [0.5, 0.6) is 0 Å². The van der Waals surface area contributed by atoms with Gasteiger partial charge in [-0.2, -0.15) is 0 Å². The first-order chi connectivity index (χ1) is 9.02. The van der Waals surface area contributed by atoms with Gasteiger partial charge in [0, 0.05) is 17.3 Å². The fourth-order valence-electron chi connectivity index (χ4n) is 2.33. The Morgan fingerprint density at radius 1 is 1.32 bits per heavy atom. The highest BCUT2D eigenvalue weighted by molar-refractivity contribution is 9.10. The van der Waals surface area contributed by atoms with E-state index >= 15 is 0 Å². The van der Waals surface area contributed by atoms with Crippen molar-refractivity contribution in [1.29, 1.82) is 0 Å². The third kappa shape index (κ3) is 6.35. The van der Waals surface area contributed by atoms with Gasteiger partial charge in [0.05, 0.1) is 0 Å². The molecule has 0 bridgehead atoms. The van der Waals surface area contributed by atoms with Gasteiger partial charge in [-0.25, -0.2) is 0 Å². The molecule has 0 amide bonds. The van der Waals surface area contributed by atoms with Crippen molar-refractivity contribution < 1.29 is 4.79 Å². The number of hydrogen-bond donors (Lipinski definition) is 1. The number of nitrogens with two attached hydrogens (primary N) is 1. The number of halogens is 1. The molecule has 0 aliphatic heterocycles. The topological polar surface area (TPSA) is 43.1 Å². The van der Waals surface area contributed by atoms with Crippen LogP contribution in [-0.2, 0) is 11.2 Å². The maximum Gasteiger partial charge on any atom is 0.137 e. The summed E-state index contributed by atoms with van der Waals surface area (Å²) in [4.78, 5) is 12.0. The third-order valence-corrected chi connectivity index (χ3v) is 4.06. The van der Waals surface area contributed by atoms with Gasteiger partial charge >= 0.3 is 0 Å². The summed E-state index contributed by atoms with van der Waals surface area (Å²) < 4.78 is 1.03. The fraction of sp³-hybridized carbons (Fsp3) is 0.562. The molecule has 0 saturated heterocycles. The van der Waals surface area contributed by atoms with E-state index in [2.05, 4.69) is 29.8 Å². The summed E-state index contributed by atoms with van der Waals surface area (Å²) in [6.07, 6.45) is 3.17. The van der Waals surface area contributed by atoms with E-state index in [4.69, 9.17) is 5.73 Å². The van der Waals surface area contributed by atoms with Crippen LogP contribution in [0.1, 0.15) is 38.7 Å². The summed E-state index contributed by atoms with van der Waals surface area (Å²) in [5, 5.41) is 0. The molecule has 0 aliphatic carbocycles. The molecule has 0 spiro atoms. The Kier molecular flexibility index (Phi) is 7.32. The number of Topliss-reactive ketones (excluding diaryl/α,β-unsaturated/α-hetero) is 1. The lowest BCUT2D eigenvalue weighted by atomic mass is 9.87. The fourth-order valence-corrected chi connectivity index (χ4v) is 2.78. The number of carbonyl (C=O) groups is 1. The predicted octanol–water partition coefficient (Wildman–Crippen LogP) is 3.96. The van der Waals surface area contributed by atoms with Gasteiger partial charge in [0.15, 0.2) is 0 Å². The Hall–Kier alpha value is -0.670. The van der Waals surface area contributed by atoms with Gasteiger partial charge in [0.25, 0.3) is 0 Å². The standard InChI is InChI=1S/C16H24BrNO/c1-12(2)14(8-9-18)6-7-16(19)11-13-4-3-5-15(17)10-13/h3-5,10,12,14H,6-9,11,18H2,1-2H3. The molecular formula is C16H24BrNO. The van der Waals surface area contributed by atoms with E-state index in [0.29, 0.717) is 37.0 Å². The lowest BCUT2D eigenvalue weighted by Crippen LogP contribution is -2.16. The lowest BCUT2D eigenvalue weighted by molar-refractivity contribution is -0.118. The molecule has 1 atom stereocenters. The first-order valence-electron chi connectivity index (χ1n) is 6.99. The smallest absolute Gasteiger partial charge is 0.137 e. The van der Waals surface area contributed by atoms with Crippen molar-refractivity contribution in [2.24, 2.45) is 17.6 Å². The molecule has 0 saturated carbocycles. The highest BCUT2D eigenvalue weighted by atomic mass is 79.9. The number of carbonyl (C=O) groups excluding carboxylic acids is 1. The highest BCUT2D eigenvalue weighted by Crippen LogP contribution is 2.21. The lowest BCUT2D eigenvalue weighted by Gasteiger charge is -2.19. The van der Waals surface area contributed by atoms with Crippen molar-refractivity contribution in [1.82, 2.24) is 0 Å². The molecule has 1 aromatic rings. The van der Waals surface area contributed by atoms with Gasteiger partial charge in [0.2, 0.25) is 0 Å². The molecule has 0 radical (unpaired) electrons. The summed E-state index contributed by atoms with van der Waals surface area (Å²) in [5.41, 5.74) is 6.71. The Balaban J connectivity index is 2.42. The first kappa shape index (κ1) is 16.4. The Labute approximate surface area is 124 Å². The van der Waals surface area contributed by atoms with Gasteiger partial charge in [-0.05, 0) is 48.9 Å². The molecule has 19 heavy (non-hydrogen) atoms. The molecule has 0 heterocycles. The van der Waals surface area contributed by atoms with Crippen LogP contribution in [0.15, 0.2) is 28.7 Å². The molecule has 1 rings (SSSR count). The van der Waals surface area contributed by atoms with Crippen molar-refractivity contribution in [3.05, 3.63) is 34.3 Å². The second-order valence-corrected chi connectivity index (χ2v) is 6.38. The SMILES string of the molecule is CC(C)C(CCN)CCC(=O)Cc1cccc(Br)c1. The van der Waals surface area contributed by atoms with Crippen LogP contribution in [0.3, 0.4) is 0 Å². The number of benzene rings is 1. The van der Waals surface area contributed by atoms with Crippen LogP contribution in [0, 0.1) is 11.8 Å². The van der Waals surface area contributed by atoms with E-state index in [1.165, 1.54) is 0 Å². The minimum atomic E-state index is 0.320. The first-order valence-corrected chi connectivity index (χ1v) is 7.78. The zero-order valence-corrected chi connectivity index (χ0v) is 13.4. The van der Waals surface area contributed by atoms with Gasteiger partial charge in [-0.15, -0.1) is 0 Å². The van der Waals surface area contributed by atoms with E-state index in [9.17, 15) is 4.79 Å². The van der Waals surface area contributed by atoms with E-state index in [-0.39, 0.29) is 0 Å². The summed E-state index contributed by atoms with van der Waals surface area (Å²) in [6, 6.07) is 7.96. The molecule has 1 aromatic carbocycles. The maximum absolute atomic E-state index is 12.0. The second-order valence-electron chi connectivity index (χ2n) is 5.47. The zero-order chi connectivity index (χ0) is 14.3. The minimum absolute atomic E-state index is 0.320. The van der Waals surface area contributed by atoms with Crippen molar-refractivity contribution in [3.63, 3.8) is 0 Å². The Morgan fingerprint density at radius 2 is 2.05 bits per heavy atom. The quantitative estimate of drug-likeness (QED) is 0.786. The number of ketones is 1.